The Hall–Kier alpha value is -1.88. The molecule has 0 aliphatic heterocycles. The molecule has 5 heteroatoms. The third-order valence-corrected chi connectivity index (χ3v) is 3.98. The number of amides is 2. The van der Waals surface area contributed by atoms with E-state index in [1.807, 2.05) is 44.2 Å². The molecule has 0 aliphatic rings. The van der Waals surface area contributed by atoms with Crippen LogP contribution in [0.15, 0.2) is 30.3 Å². The molecule has 0 unspecified atom stereocenters. The molecule has 0 aliphatic carbocycles. The molecule has 21 heavy (non-hydrogen) atoms. The van der Waals surface area contributed by atoms with Crippen molar-refractivity contribution in [2.75, 3.05) is 25.5 Å². The largest absolute Gasteiger partial charge is 0.336 e. The zero-order chi connectivity index (χ0) is 15.9. The number of carbonyl (C=O) groups excluding carboxylic acids is 2. The fraction of sp³-hybridized carbons (Fsp3) is 0.500. The first-order chi connectivity index (χ1) is 9.99. The second-order valence-electron chi connectivity index (χ2n) is 5.27. The zero-order valence-electron chi connectivity index (χ0n) is 13.1. The summed E-state index contributed by atoms with van der Waals surface area (Å²) >= 11 is 0. The smallest absolute Gasteiger partial charge is 0.243 e. The maximum absolute atomic E-state index is 12.5. The van der Waals surface area contributed by atoms with E-state index in [2.05, 4.69) is 5.32 Å². The predicted octanol–water partition coefficient (Wildman–Crippen LogP) is 1.85. The van der Waals surface area contributed by atoms with Crippen LogP contribution in [0.1, 0.15) is 26.7 Å². The van der Waals surface area contributed by atoms with Crippen LogP contribution in [-0.2, 0) is 9.59 Å². The second kappa shape index (κ2) is 7.78. The molecule has 0 aromatic heterocycles. The number of rotatable bonds is 7. The van der Waals surface area contributed by atoms with Crippen LogP contribution in [0.2, 0.25) is 0 Å². The van der Waals surface area contributed by atoms with Crippen LogP contribution in [0.25, 0.3) is 0 Å². The average molecular weight is 291 g/mol. The van der Waals surface area contributed by atoms with Crippen LogP contribution >= 0.6 is 0 Å². The summed E-state index contributed by atoms with van der Waals surface area (Å²) in [6.45, 7) is 4.22. The lowest BCUT2D eigenvalue weighted by molar-refractivity contribution is -0.142. The highest BCUT2D eigenvalue weighted by Crippen LogP contribution is 2.27. The fourth-order valence-corrected chi connectivity index (χ4v) is 2.34. The van der Waals surface area contributed by atoms with Crippen molar-refractivity contribution in [1.82, 2.24) is 4.90 Å². The Kier molecular flexibility index (Phi) is 6.37. The van der Waals surface area contributed by atoms with Crippen molar-refractivity contribution in [2.24, 2.45) is 11.1 Å². The summed E-state index contributed by atoms with van der Waals surface area (Å²) in [5, 5.41) is 2.77. The number of para-hydroxylation sites is 1. The molecule has 5 nitrogen and oxygen atoms in total. The van der Waals surface area contributed by atoms with Crippen LogP contribution in [0.5, 0.6) is 0 Å². The van der Waals surface area contributed by atoms with Gasteiger partial charge in [-0.05, 0) is 25.0 Å². The summed E-state index contributed by atoms with van der Waals surface area (Å²) in [5.41, 5.74) is 5.93. The summed E-state index contributed by atoms with van der Waals surface area (Å²) < 4.78 is 0. The molecule has 0 saturated carbocycles. The maximum atomic E-state index is 12.5. The number of nitrogens with two attached hydrogens (primary N) is 1. The molecule has 0 spiro atoms. The number of nitrogens with zero attached hydrogens (tertiary/aromatic N) is 1. The molecule has 0 saturated heterocycles. The van der Waals surface area contributed by atoms with Crippen molar-refractivity contribution in [3.05, 3.63) is 30.3 Å². The number of likely N-dealkylation sites (N-methyl/N-ethyl adjacent to an activating group) is 1. The third-order valence-electron chi connectivity index (χ3n) is 3.98. The Bertz CT molecular complexity index is 461. The summed E-state index contributed by atoms with van der Waals surface area (Å²) in [6.07, 6.45) is 1.34. The monoisotopic (exact) mass is 291 g/mol. The average Bonchev–Trinajstić information content (AvgIpc) is 2.50. The van der Waals surface area contributed by atoms with Gasteiger partial charge in [-0.25, -0.2) is 0 Å². The molecular formula is C16H25N3O2. The number of anilines is 1. The zero-order valence-corrected chi connectivity index (χ0v) is 13.1. The van der Waals surface area contributed by atoms with Crippen LogP contribution in [0.3, 0.4) is 0 Å². The Labute approximate surface area is 126 Å². The molecule has 0 heterocycles. The van der Waals surface area contributed by atoms with Gasteiger partial charge in [0.1, 0.15) is 0 Å². The van der Waals surface area contributed by atoms with Gasteiger partial charge < -0.3 is 16.0 Å². The molecule has 0 atom stereocenters. The van der Waals surface area contributed by atoms with Gasteiger partial charge in [0, 0.05) is 19.3 Å². The van der Waals surface area contributed by atoms with E-state index in [1.54, 1.807) is 7.05 Å². The molecule has 1 rings (SSSR count). The van der Waals surface area contributed by atoms with Crippen molar-refractivity contribution >= 4 is 17.5 Å². The Morgan fingerprint density at radius 1 is 1.19 bits per heavy atom. The molecule has 0 fully saturated rings. The first kappa shape index (κ1) is 17.2. The SMILES string of the molecule is CCC(CC)(CN)C(=O)N(C)CC(=O)Nc1ccccc1. The lowest BCUT2D eigenvalue weighted by atomic mass is 9.81. The lowest BCUT2D eigenvalue weighted by Gasteiger charge is -2.32. The normalized spacial score (nSPS) is 11.0. The van der Waals surface area contributed by atoms with Gasteiger partial charge >= 0.3 is 0 Å². The molecule has 3 N–H and O–H groups in total. The molecule has 1 aromatic carbocycles. The van der Waals surface area contributed by atoms with Crippen LogP contribution in [0, 0.1) is 5.41 Å². The highest BCUT2D eigenvalue weighted by molar-refractivity contribution is 5.95. The first-order valence-corrected chi connectivity index (χ1v) is 7.29. The number of hydrogen-bond donors (Lipinski definition) is 2. The minimum atomic E-state index is -0.568. The lowest BCUT2D eigenvalue weighted by Crippen LogP contribution is -2.48. The second-order valence-corrected chi connectivity index (χ2v) is 5.27. The van der Waals surface area contributed by atoms with E-state index in [1.165, 1.54) is 4.90 Å². The highest BCUT2D eigenvalue weighted by atomic mass is 16.2. The van der Waals surface area contributed by atoms with Gasteiger partial charge in [-0.1, -0.05) is 32.0 Å². The van der Waals surface area contributed by atoms with Gasteiger partial charge in [0.2, 0.25) is 11.8 Å². The molecule has 1 aromatic rings. The van der Waals surface area contributed by atoms with E-state index in [0.29, 0.717) is 19.4 Å². The number of hydrogen-bond acceptors (Lipinski definition) is 3. The van der Waals surface area contributed by atoms with Crippen molar-refractivity contribution < 1.29 is 9.59 Å². The minimum absolute atomic E-state index is 0.0233. The van der Waals surface area contributed by atoms with Crippen LogP contribution < -0.4 is 11.1 Å². The molecule has 0 bridgehead atoms. The summed E-state index contributed by atoms with van der Waals surface area (Å²) in [7, 11) is 1.64. The van der Waals surface area contributed by atoms with Crippen molar-refractivity contribution in [1.29, 1.82) is 0 Å². The number of nitrogens with one attached hydrogen (secondary N) is 1. The van der Waals surface area contributed by atoms with Gasteiger partial charge in [0.25, 0.3) is 0 Å². The van der Waals surface area contributed by atoms with E-state index in [4.69, 9.17) is 5.73 Å². The van der Waals surface area contributed by atoms with Crippen molar-refractivity contribution in [3.63, 3.8) is 0 Å². The molecule has 116 valence electrons. The van der Waals surface area contributed by atoms with E-state index in [-0.39, 0.29) is 18.4 Å². The van der Waals surface area contributed by atoms with E-state index in [9.17, 15) is 9.59 Å². The van der Waals surface area contributed by atoms with E-state index < -0.39 is 5.41 Å². The van der Waals surface area contributed by atoms with Gasteiger partial charge in [0.15, 0.2) is 0 Å². The molecule has 2 amide bonds. The van der Waals surface area contributed by atoms with E-state index >= 15 is 0 Å². The van der Waals surface area contributed by atoms with Gasteiger partial charge in [0.05, 0.1) is 12.0 Å². The Balaban J connectivity index is 2.65. The molecule has 0 radical (unpaired) electrons. The summed E-state index contributed by atoms with van der Waals surface area (Å²) in [4.78, 5) is 26.0. The topological polar surface area (TPSA) is 75.4 Å². The Morgan fingerprint density at radius 3 is 2.24 bits per heavy atom. The maximum Gasteiger partial charge on any atom is 0.243 e. The Morgan fingerprint density at radius 2 is 1.76 bits per heavy atom. The van der Waals surface area contributed by atoms with Crippen molar-refractivity contribution in [3.8, 4) is 0 Å². The quantitative estimate of drug-likeness (QED) is 0.805. The van der Waals surface area contributed by atoms with Gasteiger partial charge in [-0.3, -0.25) is 9.59 Å². The fourth-order valence-electron chi connectivity index (χ4n) is 2.34. The van der Waals surface area contributed by atoms with Gasteiger partial charge in [-0.2, -0.15) is 0 Å². The van der Waals surface area contributed by atoms with Gasteiger partial charge in [-0.15, -0.1) is 0 Å². The molecular weight excluding hydrogens is 266 g/mol. The first-order valence-electron chi connectivity index (χ1n) is 7.29. The number of benzene rings is 1. The van der Waals surface area contributed by atoms with Crippen LogP contribution in [0.4, 0.5) is 5.69 Å². The van der Waals surface area contributed by atoms with Crippen LogP contribution in [-0.4, -0.2) is 36.9 Å². The van der Waals surface area contributed by atoms with E-state index in [0.717, 1.165) is 5.69 Å². The highest BCUT2D eigenvalue weighted by Gasteiger charge is 2.36. The van der Waals surface area contributed by atoms with Crippen molar-refractivity contribution in [2.45, 2.75) is 26.7 Å². The summed E-state index contributed by atoms with van der Waals surface area (Å²) in [6, 6.07) is 9.18. The summed E-state index contributed by atoms with van der Waals surface area (Å²) in [5.74, 6) is -0.284. The predicted molar refractivity (Wildman–Crippen MR) is 84.8 cm³/mol. The standard InChI is InChI=1S/C16H25N3O2/c1-4-16(5-2,12-17)15(21)19(3)11-14(20)18-13-9-7-6-8-10-13/h6-10H,4-5,11-12,17H2,1-3H3,(H,18,20). The minimum Gasteiger partial charge on any atom is -0.336 e. The number of carbonyl (C=O) groups is 2. The third kappa shape index (κ3) is 4.29.